The van der Waals surface area contributed by atoms with E-state index in [1.807, 2.05) is 0 Å². The fourth-order valence-corrected chi connectivity index (χ4v) is 2.39. The van der Waals surface area contributed by atoms with Gasteiger partial charge in [-0.1, -0.05) is 11.6 Å². The summed E-state index contributed by atoms with van der Waals surface area (Å²) >= 11 is 5.78. The Morgan fingerprint density at radius 1 is 1.27 bits per heavy atom. The quantitative estimate of drug-likeness (QED) is 0.299. The number of halogens is 2. The number of carbonyl (C=O) groups excluding carboxylic acids is 1. The maximum absolute atomic E-state index is 13.0. The normalized spacial score (nSPS) is 10.6. The molecule has 0 saturated heterocycles. The number of hydrogen-bond acceptors (Lipinski definition) is 6. The minimum Gasteiger partial charge on any atom is -0.421 e. The summed E-state index contributed by atoms with van der Waals surface area (Å²) in [5, 5.41) is 14.6. The molecule has 10 heteroatoms. The second-order valence-electron chi connectivity index (χ2n) is 5.13. The minimum absolute atomic E-state index is 0.0152. The number of aromatic nitrogens is 3. The van der Waals surface area contributed by atoms with Gasteiger partial charge < -0.3 is 4.74 Å². The number of rotatable bonds is 4. The standard InChI is InChI=1S/C16H10ClFN4O4/c1-9-19-15(20-21(9)11-4-2-10(18)3-5-11)16(23)26-12-6-7-14(22(24)25)13(17)8-12/h2-8H,1H3. The first-order chi connectivity index (χ1) is 12.3. The van der Waals surface area contributed by atoms with Gasteiger partial charge in [0.25, 0.3) is 11.5 Å². The highest BCUT2D eigenvalue weighted by Gasteiger charge is 2.19. The van der Waals surface area contributed by atoms with Crippen molar-refractivity contribution in [1.29, 1.82) is 0 Å². The van der Waals surface area contributed by atoms with Gasteiger partial charge in [-0.3, -0.25) is 10.1 Å². The lowest BCUT2D eigenvalue weighted by Gasteiger charge is -2.03. The molecule has 0 N–H and O–H groups in total. The van der Waals surface area contributed by atoms with Crippen molar-refractivity contribution in [3.8, 4) is 11.4 Å². The second-order valence-corrected chi connectivity index (χ2v) is 5.54. The van der Waals surface area contributed by atoms with E-state index in [9.17, 15) is 19.3 Å². The molecular weight excluding hydrogens is 367 g/mol. The highest BCUT2D eigenvalue weighted by Crippen LogP contribution is 2.28. The van der Waals surface area contributed by atoms with Gasteiger partial charge in [-0.15, -0.1) is 5.10 Å². The molecule has 0 aliphatic heterocycles. The van der Waals surface area contributed by atoms with Crippen LogP contribution in [0.2, 0.25) is 5.02 Å². The van der Waals surface area contributed by atoms with E-state index >= 15 is 0 Å². The van der Waals surface area contributed by atoms with E-state index in [0.717, 1.165) is 12.1 Å². The fraction of sp³-hybridized carbons (Fsp3) is 0.0625. The fourth-order valence-electron chi connectivity index (χ4n) is 2.16. The molecule has 0 radical (unpaired) electrons. The van der Waals surface area contributed by atoms with Gasteiger partial charge in [-0.25, -0.2) is 18.9 Å². The molecule has 0 amide bonds. The SMILES string of the molecule is Cc1nc(C(=O)Oc2ccc([N+](=O)[O-])c(Cl)c2)nn1-c1ccc(F)cc1. The van der Waals surface area contributed by atoms with Crippen LogP contribution < -0.4 is 4.74 Å². The predicted molar refractivity (Wildman–Crippen MR) is 89.1 cm³/mol. The Hall–Kier alpha value is -3.33. The van der Waals surface area contributed by atoms with Crippen LogP contribution in [0, 0.1) is 22.9 Å². The van der Waals surface area contributed by atoms with Crippen molar-refractivity contribution >= 4 is 23.3 Å². The molecule has 0 spiro atoms. The van der Waals surface area contributed by atoms with Gasteiger partial charge in [0, 0.05) is 12.1 Å². The van der Waals surface area contributed by atoms with Crippen LogP contribution in [-0.2, 0) is 0 Å². The lowest BCUT2D eigenvalue weighted by Crippen LogP contribution is -2.11. The lowest BCUT2D eigenvalue weighted by molar-refractivity contribution is -0.384. The zero-order valence-corrected chi connectivity index (χ0v) is 14.0. The molecule has 0 fully saturated rings. The number of carbonyl (C=O) groups is 1. The Balaban J connectivity index is 1.83. The van der Waals surface area contributed by atoms with Gasteiger partial charge in [0.05, 0.1) is 10.6 Å². The number of benzene rings is 2. The molecule has 26 heavy (non-hydrogen) atoms. The number of ether oxygens (including phenoxy) is 1. The summed E-state index contributed by atoms with van der Waals surface area (Å²) in [6.07, 6.45) is 0. The molecule has 0 atom stereocenters. The van der Waals surface area contributed by atoms with Gasteiger partial charge >= 0.3 is 5.97 Å². The van der Waals surface area contributed by atoms with Gasteiger partial charge in [-0.05, 0) is 37.3 Å². The van der Waals surface area contributed by atoms with Crippen molar-refractivity contribution < 1.29 is 18.8 Å². The lowest BCUT2D eigenvalue weighted by atomic mass is 10.3. The average molecular weight is 377 g/mol. The molecule has 8 nitrogen and oxygen atoms in total. The van der Waals surface area contributed by atoms with Crippen LogP contribution >= 0.6 is 11.6 Å². The molecule has 3 aromatic rings. The third-order valence-corrected chi connectivity index (χ3v) is 3.65. The molecule has 132 valence electrons. The van der Waals surface area contributed by atoms with Gasteiger partial charge in [0.2, 0.25) is 0 Å². The molecule has 1 aromatic heterocycles. The molecule has 1 heterocycles. The van der Waals surface area contributed by atoms with E-state index in [1.165, 1.54) is 35.0 Å². The maximum atomic E-state index is 13.0. The Morgan fingerprint density at radius 3 is 2.58 bits per heavy atom. The monoisotopic (exact) mass is 376 g/mol. The van der Waals surface area contributed by atoms with Crippen LogP contribution in [0.15, 0.2) is 42.5 Å². The molecule has 3 rings (SSSR count). The summed E-state index contributed by atoms with van der Waals surface area (Å²) in [6, 6.07) is 9.01. The summed E-state index contributed by atoms with van der Waals surface area (Å²) in [5.74, 6) is -1.08. The number of nitro groups is 1. The number of aryl methyl sites for hydroxylation is 1. The third-order valence-electron chi connectivity index (χ3n) is 3.35. The number of hydrogen-bond donors (Lipinski definition) is 0. The number of esters is 1. The summed E-state index contributed by atoms with van der Waals surface area (Å²) in [4.78, 5) is 26.3. The highest BCUT2D eigenvalue weighted by atomic mass is 35.5. The zero-order chi connectivity index (χ0) is 18.8. The number of nitro benzene ring substituents is 1. The topological polar surface area (TPSA) is 100 Å². The van der Waals surface area contributed by atoms with Gasteiger partial charge in [0.15, 0.2) is 0 Å². The molecular formula is C16H10ClFN4O4. The van der Waals surface area contributed by atoms with E-state index in [-0.39, 0.29) is 22.3 Å². The maximum Gasteiger partial charge on any atom is 0.383 e. The van der Waals surface area contributed by atoms with E-state index in [1.54, 1.807) is 6.92 Å². The highest BCUT2D eigenvalue weighted by molar-refractivity contribution is 6.32. The van der Waals surface area contributed by atoms with E-state index in [0.29, 0.717) is 11.5 Å². The summed E-state index contributed by atoms with van der Waals surface area (Å²) in [6.45, 7) is 1.62. The van der Waals surface area contributed by atoms with Crippen LogP contribution in [0.25, 0.3) is 5.69 Å². The molecule has 0 saturated carbocycles. The summed E-state index contributed by atoms with van der Waals surface area (Å²) in [5.41, 5.74) is 0.217. The first-order valence-electron chi connectivity index (χ1n) is 7.21. The van der Waals surface area contributed by atoms with Crippen LogP contribution in [0.4, 0.5) is 10.1 Å². The summed E-state index contributed by atoms with van der Waals surface area (Å²) < 4.78 is 19.5. The van der Waals surface area contributed by atoms with Crippen LogP contribution in [-0.4, -0.2) is 25.7 Å². The van der Waals surface area contributed by atoms with Crippen molar-refractivity contribution in [3.05, 3.63) is 75.1 Å². The van der Waals surface area contributed by atoms with E-state index in [2.05, 4.69) is 10.1 Å². The molecule has 0 aliphatic rings. The number of nitrogens with zero attached hydrogens (tertiary/aromatic N) is 4. The van der Waals surface area contributed by atoms with E-state index in [4.69, 9.17) is 16.3 Å². The molecule has 0 bridgehead atoms. The van der Waals surface area contributed by atoms with Gasteiger partial charge in [0.1, 0.15) is 22.4 Å². The second kappa shape index (κ2) is 6.89. The van der Waals surface area contributed by atoms with Crippen molar-refractivity contribution in [2.24, 2.45) is 0 Å². The van der Waals surface area contributed by atoms with Gasteiger partial charge in [-0.2, -0.15) is 0 Å². The average Bonchev–Trinajstić information content (AvgIpc) is 2.97. The largest absolute Gasteiger partial charge is 0.421 e. The van der Waals surface area contributed by atoms with Crippen molar-refractivity contribution in [3.63, 3.8) is 0 Å². The van der Waals surface area contributed by atoms with Crippen LogP contribution in [0.3, 0.4) is 0 Å². The summed E-state index contributed by atoms with van der Waals surface area (Å²) in [7, 11) is 0. The minimum atomic E-state index is -0.862. The molecule has 2 aromatic carbocycles. The van der Waals surface area contributed by atoms with Crippen LogP contribution in [0.5, 0.6) is 5.75 Å². The zero-order valence-electron chi connectivity index (χ0n) is 13.2. The first kappa shape index (κ1) is 17.5. The Bertz CT molecular complexity index is 1000. The smallest absolute Gasteiger partial charge is 0.383 e. The predicted octanol–water partition coefficient (Wildman–Crippen LogP) is 3.50. The van der Waals surface area contributed by atoms with Crippen molar-refractivity contribution in [1.82, 2.24) is 14.8 Å². The van der Waals surface area contributed by atoms with Crippen molar-refractivity contribution in [2.75, 3.05) is 0 Å². The first-order valence-corrected chi connectivity index (χ1v) is 7.58. The molecule has 0 aliphatic carbocycles. The van der Waals surface area contributed by atoms with Crippen LogP contribution in [0.1, 0.15) is 16.4 Å². The Kier molecular flexibility index (Phi) is 4.63. The van der Waals surface area contributed by atoms with Crippen molar-refractivity contribution in [2.45, 2.75) is 6.92 Å². The van der Waals surface area contributed by atoms with E-state index < -0.39 is 16.7 Å². The Labute approximate surface area is 150 Å². The third kappa shape index (κ3) is 3.52. The Morgan fingerprint density at radius 2 is 1.96 bits per heavy atom. The molecule has 0 unspecified atom stereocenters.